The highest BCUT2D eigenvalue weighted by Crippen LogP contribution is 2.26. The van der Waals surface area contributed by atoms with Gasteiger partial charge < -0.3 is 5.32 Å². The van der Waals surface area contributed by atoms with Gasteiger partial charge in [-0.05, 0) is 29.7 Å². The van der Waals surface area contributed by atoms with Gasteiger partial charge in [0, 0.05) is 25.2 Å². The van der Waals surface area contributed by atoms with Crippen LogP contribution >= 0.6 is 11.6 Å². The number of nitrogens with zero attached hydrogens (tertiary/aromatic N) is 1. The van der Waals surface area contributed by atoms with Crippen molar-refractivity contribution in [2.75, 3.05) is 19.4 Å². The summed E-state index contributed by atoms with van der Waals surface area (Å²) in [6.45, 7) is 0. The van der Waals surface area contributed by atoms with Gasteiger partial charge >= 0.3 is 0 Å². The number of sulfonamides is 1. The molecule has 1 N–H and O–H groups in total. The number of halogens is 1. The van der Waals surface area contributed by atoms with Crippen LogP contribution in [-0.4, -0.2) is 32.7 Å². The van der Waals surface area contributed by atoms with Gasteiger partial charge in [0.25, 0.3) is 5.91 Å². The summed E-state index contributed by atoms with van der Waals surface area (Å²) in [6, 6.07) is 17.3. The Bertz CT molecular complexity index is 1090. The quantitative estimate of drug-likeness (QED) is 0.734. The number of carbonyl (C=O) groups is 1. The molecule has 0 aromatic heterocycles. The van der Waals surface area contributed by atoms with Gasteiger partial charge in [0.15, 0.2) is 0 Å². The maximum atomic E-state index is 12.7. The van der Waals surface area contributed by atoms with E-state index in [0.29, 0.717) is 5.69 Å². The lowest BCUT2D eigenvalue weighted by molar-refractivity contribution is 0.102. The van der Waals surface area contributed by atoms with Crippen LogP contribution < -0.4 is 5.32 Å². The largest absolute Gasteiger partial charge is 0.321 e. The van der Waals surface area contributed by atoms with E-state index in [1.165, 1.54) is 32.3 Å². The summed E-state index contributed by atoms with van der Waals surface area (Å²) in [5.41, 5.74) is 0.729. The molecule has 0 atom stereocenters. The highest BCUT2D eigenvalue weighted by molar-refractivity contribution is 7.89. The maximum Gasteiger partial charge on any atom is 0.257 e. The SMILES string of the molecule is CN(C)S(=O)(=O)c1ccc(Cl)c(C(=O)Nc2cccc3ccccc23)c1. The topological polar surface area (TPSA) is 66.5 Å². The molecule has 26 heavy (non-hydrogen) atoms. The van der Waals surface area contributed by atoms with Gasteiger partial charge in [-0.3, -0.25) is 4.79 Å². The molecule has 0 fully saturated rings. The van der Waals surface area contributed by atoms with Crippen LogP contribution in [0.2, 0.25) is 5.02 Å². The number of benzene rings is 3. The fraction of sp³-hybridized carbons (Fsp3) is 0.105. The third kappa shape index (κ3) is 3.44. The Kier molecular flexibility index (Phi) is 5.00. The predicted molar refractivity (Wildman–Crippen MR) is 104 cm³/mol. The Morgan fingerprint density at radius 1 is 1.00 bits per heavy atom. The van der Waals surface area contributed by atoms with Crippen molar-refractivity contribution >= 4 is 44.0 Å². The van der Waals surface area contributed by atoms with Crippen molar-refractivity contribution in [3.8, 4) is 0 Å². The van der Waals surface area contributed by atoms with Gasteiger partial charge in [0.05, 0.1) is 15.5 Å². The molecule has 0 saturated carbocycles. The van der Waals surface area contributed by atoms with Crippen LogP contribution in [0.5, 0.6) is 0 Å². The first kappa shape index (κ1) is 18.4. The summed E-state index contributed by atoms with van der Waals surface area (Å²) in [4.78, 5) is 12.7. The number of rotatable bonds is 4. The minimum Gasteiger partial charge on any atom is -0.321 e. The summed E-state index contributed by atoms with van der Waals surface area (Å²) in [5, 5.41) is 4.87. The van der Waals surface area contributed by atoms with Crippen LogP contribution in [0.15, 0.2) is 65.6 Å². The van der Waals surface area contributed by atoms with Crippen molar-refractivity contribution in [3.05, 3.63) is 71.2 Å². The van der Waals surface area contributed by atoms with Crippen molar-refractivity contribution in [1.82, 2.24) is 4.31 Å². The predicted octanol–water partition coefficient (Wildman–Crippen LogP) is 4.00. The molecule has 0 saturated heterocycles. The van der Waals surface area contributed by atoms with Gasteiger partial charge in [-0.2, -0.15) is 0 Å². The molecular formula is C19H17ClN2O3S. The first-order valence-corrected chi connectivity index (χ1v) is 9.63. The van der Waals surface area contributed by atoms with E-state index in [1.54, 1.807) is 6.07 Å². The van der Waals surface area contributed by atoms with E-state index in [1.807, 2.05) is 36.4 Å². The minimum atomic E-state index is -3.66. The molecule has 0 aliphatic heterocycles. The molecule has 0 aliphatic carbocycles. The van der Waals surface area contributed by atoms with E-state index < -0.39 is 15.9 Å². The Morgan fingerprint density at radius 2 is 1.69 bits per heavy atom. The molecule has 5 nitrogen and oxygen atoms in total. The number of anilines is 1. The third-order valence-electron chi connectivity index (χ3n) is 4.00. The van der Waals surface area contributed by atoms with Crippen LogP contribution in [0.3, 0.4) is 0 Å². The summed E-state index contributed by atoms with van der Waals surface area (Å²) >= 11 is 6.14. The zero-order valence-electron chi connectivity index (χ0n) is 14.2. The van der Waals surface area contributed by atoms with E-state index in [9.17, 15) is 13.2 Å². The summed E-state index contributed by atoms with van der Waals surface area (Å²) in [6.07, 6.45) is 0. The number of carbonyl (C=O) groups excluding carboxylic acids is 1. The van der Waals surface area contributed by atoms with E-state index >= 15 is 0 Å². The number of hydrogen-bond acceptors (Lipinski definition) is 3. The maximum absolute atomic E-state index is 12.7. The lowest BCUT2D eigenvalue weighted by Crippen LogP contribution is -2.23. The molecule has 134 valence electrons. The van der Waals surface area contributed by atoms with E-state index in [4.69, 9.17) is 11.6 Å². The average Bonchev–Trinajstić information content (AvgIpc) is 2.62. The van der Waals surface area contributed by atoms with Gasteiger partial charge in [-0.15, -0.1) is 0 Å². The Balaban J connectivity index is 2.00. The molecule has 7 heteroatoms. The first-order valence-electron chi connectivity index (χ1n) is 7.82. The number of fused-ring (bicyclic) bond motifs is 1. The number of amides is 1. The minimum absolute atomic E-state index is 0.00923. The zero-order chi connectivity index (χ0) is 18.9. The van der Waals surface area contributed by atoms with Crippen LogP contribution in [0.4, 0.5) is 5.69 Å². The van der Waals surface area contributed by atoms with Gasteiger partial charge in [0.2, 0.25) is 10.0 Å². The second-order valence-electron chi connectivity index (χ2n) is 5.91. The van der Waals surface area contributed by atoms with Crippen molar-refractivity contribution < 1.29 is 13.2 Å². The highest BCUT2D eigenvalue weighted by atomic mass is 35.5. The molecule has 0 heterocycles. The average molecular weight is 389 g/mol. The van der Waals surface area contributed by atoms with Crippen molar-refractivity contribution in [2.45, 2.75) is 4.90 Å². The fourth-order valence-corrected chi connectivity index (χ4v) is 3.71. The number of hydrogen-bond donors (Lipinski definition) is 1. The van der Waals surface area contributed by atoms with Crippen LogP contribution in [0.1, 0.15) is 10.4 Å². The summed E-state index contributed by atoms with van der Waals surface area (Å²) in [7, 11) is -0.802. The van der Waals surface area contributed by atoms with E-state index in [2.05, 4.69) is 5.32 Å². The third-order valence-corrected chi connectivity index (χ3v) is 6.14. The van der Waals surface area contributed by atoms with Crippen LogP contribution in [0, 0.1) is 0 Å². The smallest absolute Gasteiger partial charge is 0.257 e. The Hall–Kier alpha value is -2.41. The van der Waals surface area contributed by atoms with E-state index in [-0.39, 0.29) is 15.5 Å². The second kappa shape index (κ2) is 7.07. The van der Waals surface area contributed by atoms with Gasteiger partial charge in [-0.25, -0.2) is 12.7 Å². The van der Waals surface area contributed by atoms with Crippen molar-refractivity contribution in [3.63, 3.8) is 0 Å². The van der Waals surface area contributed by atoms with Crippen molar-refractivity contribution in [2.24, 2.45) is 0 Å². The Morgan fingerprint density at radius 3 is 2.42 bits per heavy atom. The van der Waals surface area contributed by atoms with Crippen LogP contribution in [-0.2, 0) is 10.0 Å². The molecule has 0 radical (unpaired) electrons. The Labute approximate surface area is 157 Å². The summed E-state index contributed by atoms with van der Waals surface area (Å²) < 4.78 is 25.7. The molecule has 3 rings (SSSR count). The van der Waals surface area contributed by atoms with Gasteiger partial charge in [-0.1, -0.05) is 48.0 Å². The van der Waals surface area contributed by atoms with Crippen LogP contribution in [0.25, 0.3) is 10.8 Å². The fourth-order valence-electron chi connectivity index (χ4n) is 2.57. The molecule has 0 bridgehead atoms. The normalized spacial score (nSPS) is 11.7. The molecule has 1 amide bonds. The molecule has 0 spiro atoms. The molecule has 0 aliphatic rings. The molecule has 3 aromatic carbocycles. The lowest BCUT2D eigenvalue weighted by atomic mass is 10.1. The lowest BCUT2D eigenvalue weighted by Gasteiger charge is -2.14. The monoisotopic (exact) mass is 388 g/mol. The van der Waals surface area contributed by atoms with Crippen molar-refractivity contribution in [1.29, 1.82) is 0 Å². The summed E-state index contributed by atoms with van der Waals surface area (Å²) in [5.74, 6) is -0.470. The standard InChI is InChI=1S/C19H17ClN2O3S/c1-22(2)26(24,25)14-10-11-17(20)16(12-14)19(23)21-18-9-5-7-13-6-3-4-8-15(13)18/h3-12H,1-2H3,(H,21,23). The molecular weight excluding hydrogens is 372 g/mol. The van der Waals surface area contributed by atoms with Gasteiger partial charge in [0.1, 0.15) is 0 Å². The van der Waals surface area contributed by atoms with E-state index in [0.717, 1.165) is 15.1 Å². The molecule has 0 unspecified atom stereocenters. The zero-order valence-corrected chi connectivity index (χ0v) is 15.8. The number of nitrogens with one attached hydrogen (secondary N) is 1. The second-order valence-corrected chi connectivity index (χ2v) is 8.47. The highest BCUT2D eigenvalue weighted by Gasteiger charge is 2.21. The molecule has 3 aromatic rings. The first-order chi connectivity index (χ1) is 12.3.